The number of nitriles is 1. The first-order valence-corrected chi connectivity index (χ1v) is 4.92. The number of benzene rings is 1. The molecule has 0 amide bonds. The van der Waals surface area contributed by atoms with Crippen molar-refractivity contribution >= 4 is 12.0 Å². The van der Waals surface area contributed by atoms with Crippen LogP contribution in [0.5, 0.6) is 5.75 Å². The quantitative estimate of drug-likeness (QED) is 0.626. The minimum absolute atomic E-state index is 0.0927. The third-order valence-corrected chi connectivity index (χ3v) is 2.01. The van der Waals surface area contributed by atoms with Crippen LogP contribution in [0.15, 0.2) is 24.3 Å². The van der Waals surface area contributed by atoms with Crippen LogP contribution in [0.3, 0.4) is 0 Å². The molecule has 4 nitrogen and oxygen atoms in total. The Labute approximate surface area is 106 Å². The van der Waals surface area contributed by atoms with E-state index in [4.69, 9.17) is 5.26 Å². The number of esters is 1. The lowest BCUT2D eigenvalue weighted by atomic mass is 10.1. The number of rotatable bonds is 3. The van der Waals surface area contributed by atoms with Crippen molar-refractivity contribution in [2.24, 2.45) is 0 Å². The van der Waals surface area contributed by atoms with Crippen molar-refractivity contribution < 1.29 is 27.4 Å². The monoisotopic (exact) mass is 271 g/mol. The number of hydrogen-bond acceptors (Lipinski definition) is 4. The topological polar surface area (TPSA) is 59.3 Å². The highest BCUT2D eigenvalue weighted by atomic mass is 19.4. The van der Waals surface area contributed by atoms with E-state index in [1.807, 2.05) is 0 Å². The predicted molar refractivity (Wildman–Crippen MR) is 59.1 cm³/mol. The SMILES string of the molecule is COC(=O)c1c(C=CC#N)cccc1OC(F)(F)F. The zero-order valence-corrected chi connectivity index (χ0v) is 9.69. The Balaban J connectivity index is 3.35. The number of halogens is 3. The summed E-state index contributed by atoms with van der Waals surface area (Å²) in [5.41, 5.74) is -0.302. The predicted octanol–water partition coefficient (Wildman–Crippen LogP) is 2.91. The Morgan fingerprint density at radius 3 is 2.63 bits per heavy atom. The van der Waals surface area contributed by atoms with E-state index in [1.54, 1.807) is 6.07 Å². The molecule has 0 fully saturated rings. The van der Waals surface area contributed by atoms with E-state index < -0.39 is 23.6 Å². The standard InChI is InChI=1S/C12H8F3NO3/c1-18-11(17)10-8(5-3-7-16)4-2-6-9(10)19-12(13,14)15/h2-6H,1H3. The highest BCUT2D eigenvalue weighted by molar-refractivity contribution is 5.96. The molecule has 100 valence electrons. The number of carbonyl (C=O) groups is 1. The lowest BCUT2D eigenvalue weighted by Gasteiger charge is -2.13. The zero-order chi connectivity index (χ0) is 14.5. The Bertz CT molecular complexity index is 544. The van der Waals surface area contributed by atoms with Crippen LogP contribution in [0.25, 0.3) is 6.08 Å². The first-order valence-electron chi connectivity index (χ1n) is 4.92. The maximum Gasteiger partial charge on any atom is 0.573 e. The van der Waals surface area contributed by atoms with Crippen molar-refractivity contribution in [3.63, 3.8) is 0 Å². The van der Waals surface area contributed by atoms with Gasteiger partial charge in [-0.1, -0.05) is 12.1 Å². The van der Waals surface area contributed by atoms with E-state index in [0.717, 1.165) is 19.3 Å². The maximum absolute atomic E-state index is 12.2. The molecule has 7 heteroatoms. The van der Waals surface area contributed by atoms with Gasteiger partial charge in [0, 0.05) is 6.08 Å². The molecule has 1 aromatic rings. The molecule has 0 atom stereocenters. The van der Waals surface area contributed by atoms with E-state index in [0.29, 0.717) is 0 Å². The number of nitrogens with zero attached hydrogens (tertiary/aromatic N) is 1. The molecule has 0 aromatic heterocycles. The Kier molecular flexibility index (Phi) is 4.53. The third-order valence-electron chi connectivity index (χ3n) is 2.01. The lowest BCUT2D eigenvalue weighted by Crippen LogP contribution is -2.19. The fourth-order valence-corrected chi connectivity index (χ4v) is 1.34. The molecule has 1 rings (SSSR count). The van der Waals surface area contributed by atoms with E-state index >= 15 is 0 Å². The fourth-order valence-electron chi connectivity index (χ4n) is 1.34. The van der Waals surface area contributed by atoms with Gasteiger partial charge in [-0.25, -0.2) is 4.79 Å². The van der Waals surface area contributed by atoms with Gasteiger partial charge >= 0.3 is 12.3 Å². The second kappa shape index (κ2) is 5.91. The van der Waals surface area contributed by atoms with Gasteiger partial charge in [0.05, 0.1) is 13.2 Å². The van der Waals surface area contributed by atoms with E-state index in [2.05, 4.69) is 9.47 Å². The summed E-state index contributed by atoms with van der Waals surface area (Å²) in [6.07, 6.45) is -2.71. The Morgan fingerprint density at radius 1 is 1.42 bits per heavy atom. The van der Waals surface area contributed by atoms with Crippen LogP contribution >= 0.6 is 0 Å². The fraction of sp³-hybridized carbons (Fsp3) is 0.167. The highest BCUT2D eigenvalue weighted by Crippen LogP contribution is 2.29. The number of methoxy groups -OCH3 is 1. The highest BCUT2D eigenvalue weighted by Gasteiger charge is 2.33. The number of alkyl halides is 3. The number of hydrogen-bond donors (Lipinski definition) is 0. The van der Waals surface area contributed by atoms with Gasteiger partial charge in [-0.2, -0.15) is 5.26 Å². The molecule has 0 spiro atoms. The molecule has 1 aromatic carbocycles. The third kappa shape index (κ3) is 4.03. The van der Waals surface area contributed by atoms with Crippen molar-refractivity contribution in [1.82, 2.24) is 0 Å². The van der Waals surface area contributed by atoms with E-state index in [9.17, 15) is 18.0 Å². The molecule has 0 saturated carbocycles. The molecule has 0 heterocycles. The average molecular weight is 271 g/mol. The van der Waals surface area contributed by atoms with Crippen LogP contribution < -0.4 is 4.74 Å². The maximum atomic E-state index is 12.2. The van der Waals surface area contributed by atoms with Gasteiger partial charge in [-0.05, 0) is 17.7 Å². The smallest absolute Gasteiger partial charge is 0.465 e. The molecule has 0 aliphatic rings. The van der Waals surface area contributed by atoms with Crippen molar-refractivity contribution in [1.29, 1.82) is 5.26 Å². The van der Waals surface area contributed by atoms with E-state index in [1.165, 1.54) is 18.2 Å². The molecule has 0 aliphatic heterocycles. The van der Waals surface area contributed by atoms with Crippen LogP contribution in [0, 0.1) is 11.3 Å². The summed E-state index contributed by atoms with van der Waals surface area (Å²) in [6, 6.07) is 5.29. The minimum Gasteiger partial charge on any atom is -0.465 e. The molecule has 0 N–H and O–H groups in total. The molecule has 0 radical (unpaired) electrons. The largest absolute Gasteiger partial charge is 0.573 e. The van der Waals surface area contributed by atoms with Gasteiger partial charge in [0.2, 0.25) is 0 Å². The van der Waals surface area contributed by atoms with Crippen LogP contribution in [-0.2, 0) is 4.74 Å². The normalized spacial score (nSPS) is 11.1. The molecule has 19 heavy (non-hydrogen) atoms. The lowest BCUT2D eigenvalue weighted by molar-refractivity contribution is -0.274. The van der Waals surface area contributed by atoms with Crippen molar-refractivity contribution in [2.75, 3.05) is 7.11 Å². The Hall–Kier alpha value is -2.49. The minimum atomic E-state index is -4.93. The van der Waals surface area contributed by atoms with Gasteiger partial charge < -0.3 is 9.47 Å². The molecular weight excluding hydrogens is 263 g/mol. The van der Waals surface area contributed by atoms with Crippen molar-refractivity contribution in [3.8, 4) is 11.8 Å². The second-order valence-electron chi connectivity index (χ2n) is 3.22. The molecule has 0 unspecified atom stereocenters. The average Bonchev–Trinajstić information content (AvgIpc) is 2.33. The number of allylic oxidation sites excluding steroid dienone is 1. The summed E-state index contributed by atoms with van der Waals surface area (Å²) in [6.45, 7) is 0. The summed E-state index contributed by atoms with van der Waals surface area (Å²) in [7, 11) is 1.03. The summed E-state index contributed by atoms with van der Waals surface area (Å²) in [5.74, 6) is -1.67. The summed E-state index contributed by atoms with van der Waals surface area (Å²) < 4.78 is 44.9. The summed E-state index contributed by atoms with van der Waals surface area (Å²) in [5, 5.41) is 8.41. The number of carbonyl (C=O) groups excluding carboxylic acids is 1. The first-order chi connectivity index (χ1) is 8.89. The molecule has 0 bridgehead atoms. The second-order valence-corrected chi connectivity index (χ2v) is 3.22. The van der Waals surface area contributed by atoms with Gasteiger partial charge in [-0.15, -0.1) is 13.2 Å². The van der Waals surface area contributed by atoms with Gasteiger partial charge in [0.25, 0.3) is 0 Å². The Morgan fingerprint density at radius 2 is 2.11 bits per heavy atom. The van der Waals surface area contributed by atoms with Crippen molar-refractivity contribution in [3.05, 3.63) is 35.4 Å². The first kappa shape index (κ1) is 14.6. The van der Waals surface area contributed by atoms with Crippen LogP contribution in [-0.4, -0.2) is 19.4 Å². The van der Waals surface area contributed by atoms with Crippen molar-refractivity contribution in [2.45, 2.75) is 6.36 Å². The number of ether oxygens (including phenoxy) is 2. The van der Waals surface area contributed by atoms with Gasteiger partial charge in [0.1, 0.15) is 11.3 Å². The van der Waals surface area contributed by atoms with E-state index in [-0.39, 0.29) is 5.56 Å². The zero-order valence-electron chi connectivity index (χ0n) is 9.69. The molecular formula is C12H8F3NO3. The summed E-state index contributed by atoms with van der Waals surface area (Å²) >= 11 is 0. The van der Waals surface area contributed by atoms with Crippen LogP contribution in [0.1, 0.15) is 15.9 Å². The van der Waals surface area contributed by atoms with Gasteiger partial charge in [0.15, 0.2) is 0 Å². The summed E-state index contributed by atoms with van der Waals surface area (Å²) in [4.78, 5) is 11.5. The molecule has 0 aliphatic carbocycles. The molecule has 0 saturated heterocycles. The van der Waals surface area contributed by atoms with Crippen LogP contribution in [0.2, 0.25) is 0 Å². The van der Waals surface area contributed by atoms with Crippen LogP contribution in [0.4, 0.5) is 13.2 Å². The van der Waals surface area contributed by atoms with Gasteiger partial charge in [-0.3, -0.25) is 0 Å².